The summed E-state index contributed by atoms with van der Waals surface area (Å²) in [4.78, 5) is 2.39. The van der Waals surface area contributed by atoms with Crippen LogP contribution in [0.4, 0.5) is 0 Å². The van der Waals surface area contributed by atoms with Crippen molar-refractivity contribution in [3.63, 3.8) is 0 Å². The third kappa shape index (κ3) is 10.2. The third-order valence-corrected chi connectivity index (χ3v) is 2.43. The van der Waals surface area contributed by atoms with E-state index in [4.69, 9.17) is 4.74 Å². The molecule has 0 atom stereocenters. The summed E-state index contributed by atoms with van der Waals surface area (Å²) < 4.78 is 5.01. The van der Waals surface area contributed by atoms with Crippen molar-refractivity contribution in [2.75, 3.05) is 46.4 Å². The fourth-order valence-electron chi connectivity index (χ4n) is 1.57. The first-order chi connectivity index (χ1) is 7.39. The van der Waals surface area contributed by atoms with Crippen molar-refractivity contribution >= 4 is 0 Å². The molecule has 0 aliphatic carbocycles. The fourth-order valence-corrected chi connectivity index (χ4v) is 1.57. The molecule has 0 aromatic heterocycles. The van der Waals surface area contributed by atoms with Crippen molar-refractivity contribution < 1.29 is 4.74 Å². The Morgan fingerprint density at radius 3 is 1.67 bits per heavy atom. The first kappa shape index (κ1) is 14.9. The van der Waals surface area contributed by atoms with Crippen LogP contribution in [0.5, 0.6) is 0 Å². The average molecular weight is 216 g/mol. The molecule has 2 heterocycles. The molecule has 3 nitrogen and oxygen atoms in total. The molecule has 0 saturated carbocycles. The highest BCUT2D eigenvalue weighted by Crippen LogP contribution is 2.04. The lowest BCUT2D eigenvalue weighted by molar-refractivity contribution is 0.109. The van der Waals surface area contributed by atoms with Gasteiger partial charge in [0, 0.05) is 13.1 Å². The Morgan fingerprint density at radius 2 is 1.47 bits per heavy atom. The SMILES string of the molecule is C1COCCN1.CC.CN1CCCCC1. The largest absolute Gasteiger partial charge is 0.379 e. The minimum atomic E-state index is 0.889. The molecule has 0 aromatic carbocycles. The number of rotatable bonds is 0. The Bertz CT molecular complexity index is 98.7. The second-order valence-corrected chi connectivity index (χ2v) is 3.73. The maximum absolute atomic E-state index is 5.01. The van der Waals surface area contributed by atoms with Gasteiger partial charge in [-0.3, -0.25) is 0 Å². The molecule has 3 heteroatoms. The normalized spacial score (nSPS) is 21.8. The van der Waals surface area contributed by atoms with Crippen LogP contribution in [-0.2, 0) is 4.74 Å². The van der Waals surface area contributed by atoms with E-state index in [1.54, 1.807) is 0 Å². The highest BCUT2D eigenvalue weighted by molar-refractivity contribution is 4.58. The van der Waals surface area contributed by atoms with Gasteiger partial charge >= 0.3 is 0 Å². The molecule has 2 aliphatic heterocycles. The van der Waals surface area contributed by atoms with Crippen molar-refractivity contribution in [1.82, 2.24) is 10.2 Å². The summed E-state index contributed by atoms with van der Waals surface area (Å²) in [6, 6.07) is 0. The Morgan fingerprint density at radius 1 is 0.933 bits per heavy atom. The van der Waals surface area contributed by atoms with Gasteiger partial charge in [0.15, 0.2) is 0 Å². The summed E-state index contributed by atoms with van der Waals surface area (Å²) in [7, 11) is 2.19. The maximum Gasteiger partial charge on any atom is 0.0591 e. The Balaban J connectivity index is 0.000000227. The molecule has 0 bridgehead atoms. The number of ether oxygens (including phenoxy) is 1. The third-order valence-electron chi connectivity index (χ3n) is 2.43. The summed E-state index contributed by atoms with van der Waals surface area (Å²) >= 11 is 0. The summed E-state index contributed by atoms with van der Waals surface area (Å²) in [6.45, 7) is 10.5. The average Bonchev–Trinajstić information content (AvgIpc) is 2.36. The van der Waals surface area contributed by atoms with E-state index >= 15 is 0 Å². The van der Waals surface area contributed by atoms with Crippen molar-refractivity contribution in [1.29, 1.82) is 0 Å². The minimum absolute atomic E-state index is 0.889. The molecule has 2 aliphatic rings. The van der Waals surface area contributed by atoms with Crippen molar-refractivity contribution in [3.8, 4) is 0 Å². The molecule has 0 aromatic rings. The van der Waals surface area contributed by atoms with Crippen LogP contribution >= 0.6 is 0 Å². The molecule has 0 unspecified atom stereocenters. The van der Waals surface area contributed by atoms with E-state index < -0.39 is 0 Å². The zero-order valence-electron chi connectivity index (χ0n) is 10.7. The second kappa shape index (κ2) is 12.0. The standard InChI is InChI=1S/C6H13N.C4H9NO.C2H6/c1-7-5-3-2-4-6-7;1-3-6-4-2-5-1;1-2/h2-6H2,1H3;5H,1-4H2;1-2H3. The number of likely N-dealkylation sites (tertiary alicyclic amines) is 1. The van der Waals surface area contributed by atoms with E-state index in [0.29, 0.717) is 0 Å². The zero-order chi connectivity index (χ0) is 11.4. The lowest BCUT2D eigenvalue weighted by atomic mass is 10.1. The van der Waals surface area contributed by atoms with Crippen molar-refractivity contribution in [2.24, 2.45) is 0 Å². The van der Waals surface area contributed by atoms with Gasteiger partial charge in [-0.05, 0) is 33.0 Å². The van der Waals surface area contributed by atoms with E-state index in [2.05, 4.69) is 17.3 Å². The highest BCUT2D eigenvalue weighted by Gasteiger charge is 2.02. The topological polar surface area (TPSA) is 24.5 Å². The quantitative estimate of drug-likeness (QED) is 0.667. The predicted molar refractivity (Wildman–Crippen MR) is 66.4 cm³/mol. The van der Waals surface area contributed by atoms with Gasteiger partial charge in [-0.15, -0.1) is 0 Å². The van der Waals surface area contributed by atoms with Gasteiger partial charge in [0.25, 0.3) is 0 Å². The second-order valence-electron chi connectivity index (χ2n) is 3.73. The predicted octanol–water partition coefficient (Wildman–Crippen LogP) is 1.73. The number of nitrogens with zero attached hydrogens (tertiary/aromatic N) is 1. The highest BCUT2D eigenvalue weighted by atomic mass is 16.5. The van der Waals surface area contributed by atoms with Crippen LogP contribution in [0.1, 0.15) is 33.1 Å². The van der Waals surface area contributed by atoms with Gasteiger partial charge < -0.3 is 15.0 Å². The van der Waals surface area contributed by atoms with Gasteiger partial charge in [-0.1, -0.05) is 20.3 Å². The Hall–Kier alpha value is -0.120. The van der Waals surface area contributed by atoms with Crippen molar-refractivity contribution in [3.05, 3.63) is 0 Å². The first-order valence-electron chi connectivity index (χ1n) is 6.36. The van der Waals surface area contributed by atoms with E-state index in [-0.39, 0.29) is 0 Å². The number of piperidine rings is 1. The van der Waals surface area contributed by atoms with Crippen LogP contribution in [0.15, 0.2) is 0 Å². The summed E-state index contributed by atoms with van der Waals surface area (Å²) in [5.41, 5.74) is 0. The number of hydrogen-bond donors (Lipinski definition) is 1. The van der Waals surface area contributed by atoms with E-state index in [9.17, 15) is 0 Å². The molecule has 15 heavy (non-hydrogen) atoms. The van der Waals surface area contributed by atoms with Gasteiger partial charge in [0.05, 0.1) is 13.2 Å². The van der Waals surface area contributed by atoms with Crippen LogP contribution in [0.25, 0.3) is 0 Å². The molecule has 1 N–H and O–H groups in total. The minimum Gasteiger partial charge on any atom is -0.379 e. The fraction of sp³-hybridized carbons (Fsp3) is 1.00. The summed E-state index contributed by atoms with van der Waals surface area (Å²) in [5.74, 6) is 0. The summed E-state index contributed by atoms with van der Waals surface area (Å²) in [6.07, 6.45) is 4.28. The molecule has 2 saturated heterocycles. The Kier molecular flexibility index (Phi) is 11.9. The number of hydrogen-bond acceptors (Lipinski definition) is 3. The van der Waals surface area contributed by atoms with Crippen molar-refractivity contribution in [2.45, 2.75) is 33.1 Å². The van der Waals surface area contributed by atoms with Gasteiger partial charge in [0.2, 0.25) is 0 Å². The van der Waals surface area contributed by atoms with Crippen LogP contribution in [-0.4, -0.2) is 51.3 Å². The Labute approximate surface area is 95.2 Å². The maximum atomic E-state index is 5.01. The monoisotopic (exact) mass is 216 g/mol. The smallest absolute Gasteiger partial charge is 0.0591 e. The summed E-state index contributed by atoms with van der Waals surface area (Å²) in [5, 5.41) is 3.16. The molecule has 2 fully saturated rings. The van der Waals surface area contributed by atoms with E-state index in [1.807, 2.05) is 13.8 Å². The van der Waals surface area contributed by atoms with E-state index in [0.717, 1.165) is 26.3 Å². The molecular weight excluding hydrogens is 188 g/mol. The lowest BCUT2D eigenvalue weighted by Gasteiger charge is -2.20. The molecule has 92 valence electrons. The number of morpholine rings is 1. The zero-order valence-corrected chi connectivity index (χ0v) is 10.7. The first-order valence-corrected chi connectivity index (χ1v) is 6.36. The van der Waals surface area contributed by atoms with Crippen LogP contribution in [0.3, 0.4) is 0 Å². The van der Waals surface area contributed by atoms with Crippen LogP contribution < -0.4 is 5.32 Å². The lowest BCUT2D eigenvalue weighted by Crippen LogP contribution is -2.30. The molecule has 2 rings (SSSR count). The van der Waals surface area contributed by atoms with Crippen LogP contribution in [0.2, 0.25) is 0 Å². The molecule has 0 amide bonds. The van der Waals surface area contributed by atoms with Crippen LogP contribution in [0, 0.1) is 0 Å². The van der Waals surface area contributed by atoms with Gasteiger partial charge in [-0.2, -0.15) is 0 Å². The van der Waals surface area contributed by atoms with Gasteiger partial charge in [-0.25, -0.2) is 0 Å². The molecule has 0 radical (unpaired) electrons. The van der Waals surface area contributed by atoms with E-state index in [1.165, 1.54) is 32.4 Å². The molecule has 0 spiro atoms. The van der Waals surface area contributed by atoms with Gasteiger partial charge in [0.1, 0.15) is 0 Å². The molecular formula is C12H28N2O. The number of nitrogens with one attached hydrogen (secondary N) is 1.